The Bertz CT molecular complexity index is 1000. The van der Waals surface area contributed by atoms with E-state index in [2.05, 4.69) is 15.3 Å². The van der Waals surface area contributed by atoms with E-state index in [0.717, 1.165) is 27.9 Å². The first-order valence-electron chi connectivity index (χ1n) is 7.96. The lowest BCUT2D eigenvalue weighted by atomic mass is 10.1. The van der Waals surface area contributed by atoms with Crippen LogP contribution in [0.3, 0.4) is 0 Å². The standard InChI is InChI=1S/C20H15ClN4/c21-15-10-8-14(9-11-15)19-17-6-1-2-7-18(17)24-20(25-19)23-13-16-5-3-4-12-22-16/h1-12H,13H2,(H,23,24,25). The highest BCUT2D eigenvalue weighted by Gasteiger charge is 2.09. The van der Waals surface area contributed by atoms with Gasteiger partial charge < -0.3 is 5.32 Å². The van der Waals surface area contributed by atoms with Crippen LogP contribution in [0.4, 0.5) is 5.95 Å². The maximum atomic E-state index is 6.01. The van der Waals surface area contributed by atoms with Crippen molar-refractivity contribution in [1.29, 1.82) is 0 Å². The second-order valence-electron chi connectivity index (χ2n) is 5.59. The van der Waals surface area contributed by atoms with Crippen LogP contribution < -0.4 is 5.32 Å². The summed E-state index contributed by atoms with van der Waals surface area (Å²) in [6.45, 7) is 0.569. The van der Waals surface area contributed by atoms with Crippen LogP contribution in [0.5, 0.6) is 0 Å². The number of nitrogens with zero attached hydrogens (tertiary/aromatic N) is 3. The summed E-state index contributed by atoms with van der Waals surface area (Å²) in [4.78, 5) is 13.7. The third-order valence-corrected chi connectivity index (χ3v) is 4.13. The molecule has 5 heteroatoms. The monoisotopic (exact) mass is 346 g/mol. The van der Waals surface area contributed by atoms with Crippen LogP contribution in [0.15, 0.2) is 72.9 Å². The SMILES string of the molecule is Clc1ccc(-c2nc(NCc3ccccn3)nc3ccccc23)cc1. The predicted octanol–water partition coefficient (Wildman–Crippen LogP) is 4.96. The number of halogens is 1. The lowest BCUT2D eigenvalue weighted by Crippen LogP contribution is -2.06. The number of nitrogens with one attached hydrogen (secondary N) is 1. The average molecular weight is 347 g/mol. The summed E-state index contributed by atoms with van der Waals surface area (Å²) in [5.74, 6) is 0.578. The molecule has 0 aliphatic heterocycles. The first kappa shape index (κ1) is 15.5. The maximum absolute atomic E-state index is 6.01. The van der Waals surface area contributed by atoms with Crippen LogP contribution in [-0.4, -0.2) is 15.0 Å². The van der Waals surface area contributed by atoms with E-state index in [0.29, 0.717) is 17.5 Å². The summed E-state index contributed by atoms with van der Waals surface area (Å²) < 4.78 is 0. The minimum atomic E-state index is 0.569. The van der Waals surface area contributed by atoms with Crippen molar-refractivity contribution < 1.29 is 0 Å². The topological polar surface area (TPSA) is 50.7 Å². The molecular formula is C20H15ClN4. The van der Waals surface area contributed by atoms with Crippen molar-refractivity contribution in [1.82, 2.24) is 15.0 Å². The van der Waals surface area contributed by atoms with E-state index in [1.54, 1.807) is 6.20 Å². The summed E-state index contributed by atoms with van der Waals surface area (Å²) in [5, 5.41) is 4.98. The van der Waals surface area contributed by atoms with Crippen molar-refractivity contribution >= 4 is 28.5 Å². The Balaban J connectivity index is 1.74. The Labute approximate surface area is 150 Å². The van der Waals surface area contributed by atoms with Gasteiger partial charge in [0.25, 0.3) is 0 Å². The molecule has 0 bridgehead atoms. The second-order valence-corrected chi connectivity index (χ2v) is 6.03. The van der Waals surface area contributed by atoms with Crippen LogP contribution in [0.2, 0.25) is 5.02 Å². The highest BCUT2D eigenvalue weighted by Crippen LogP contribution is 2.28. The van der Waals surface area contributed by atoms with Gasteiger partial charge in [0.05, 0.1) is 23.4 Å². The number of pyridine rings is 1. The van der Waals surface area contributed by atoms with Crippen LogP contribution in [0, 0.1) is 0 Å². The third kappa shape index (κ3) is 3.44. The van der Waals surface area contributed by atoms with Gasteiger partial charge in [0, 0.05) is 22.2 Å². The number of hydrogen-bond acceptors (Lipinski definition) is 4. The van der Waals surface area contributed by atoms with Crippen LogP contribution in [0.1, 0.15) is 5.69 Å². The van der Waals surface area contributed by atoms with Gasteiger partial charge in [-0.05, 0) is 30.3 Å². The fourth-order valence-electron chi connectivity index (χ4n) is 2.66. The van der Waals surface area contributed by atoms with Gasteiger partial charge in [-0.25, -0.2) is 9.97 Å². The van der Waals surface area contributed by atoms with Gasteiger partial charge >= 0.3 is 0 Å². The van der Waals surface area contributed by atoms with E-state index in [4.69, 9.17) is 16.6 Å². The summed E-state index contributed by atoms with van der Waals surface area (Å²) in [6, 6.07) is 21.5. The van der Waals surface area contributed by atoms with Gasteiger partial charge in [-0.2, -0.15) is 0 Å². The molecule has 0 spiro atoms. The van der Waals surface area contributed by atoms with Crippen molar-refractivity contribution in [2.24, 2.45) is 0 Å². The number of aromatic nitrogens is 3. The van der Waals surface area contributed by atoms with Gasteiger partial charge in [-0.1, -0.05) is 48.0 Å². The molecular weight excluding hydrogens is 332 g/mol. The van der Waals surface area contributed by atoms with E-state index >= 15 is 0 Å². The Hall–Kier alpha value is -2.98. The Morgan fingerprint density at radius 2 is 1.64 bits per heavy atom. The lowest BCUT2D eigenvalue weighted by Gasteiger charge is -2.10. The average Bonchev–Trinajstić information content (AvgIpc) is 2.67. The van der Waals surface area contributed by atoms with Gasteiger partial charge in [-0.3, -0.25) is 4.98 Å². The van der Waals surface area contributed by atoms with Crippen molar-refractivity contribution in [3.8, 4) is 11.3 Å². The maximum Gasteiger partial charge on any atom is 0.224 e. The first-order valence-corrected chi connectivity index (χ1v) is 8.34. The van der Waals surface area contributed by atoms with Crippen molar-refractivity contribution in [3.05, 3.63) is 83.6 Å². The molecule has 4 nitrogen and oxygen atoms in total. The molecule has 122 valence electrons. The molecule has 1 N–H and O–H groups in total. The molecule has 0 fully saturated rings. The fraction of sp³-hybridized carbons (Fsp3) is 0.0500. The van der Waals surface area contributed by atoms with E-state index in [9.17, 15) is 0 Å². The van der Waals surface area contributed by atoms with Crippen molar-refractivity contribution in [2.75, 3.05) is 5.32 Å². The van der Waals surface area contributed by atoms with Gasteiger partial charge in [0.1, 0.15) is 0 Å². The molecule has 0 atom stereocenters. The Kier molecular flexibility index (Phi) is 4.27. The fourth-order valence-corrected chi connectivity index (χ4v) is 2.78. The van der Waals surface area contributed by atoms with Crippen molar-refractivity contribution in [3.63, 3.8) is 0 Å². The van der Waals surface area contributed by atoms with Crippen LogP contribution in [-0.2, 0) is 6.54 Å². The predicted molar refractivity (Wildman–Crippen MR) is 102 cm³/mol. The Morgan fingerprint density at radius 3 is 2.44 bits per heavy atom. The number of para-hydroxylation sites is 1. The number of rotatable bonds is 4. The molecule has 2 aromatic carbocycles. The molecule has 4 aromatic rings. The van der Waals surface area contributed by atoms with E-state index < -0.39 is 0 Å². The first-order chi connectivity index (χ1) is 12.3. The number of anilines is 1. The number of fused-ring (bicyclic) bond motifs is 1. The number of benzene rings is 2. The smallest absolute Gasteiger partial charge is 0.224 e. The minimum Gasteiger partial charge on any atom is -0.349 e. The zero-order valence-corrected chi connectivity index (χ0v) is 14.1. The summed E-state index contributed by atoms with van der Waals surface area (Å²) in [7, 11) is 0. The summed E-state index contributed by atoms with van der Waals surface area (Å²) in [5.41, 5.74) is 3.72. The molecule has 0 aliphatic rings. The quantitative estimate of drug-likeness (QED) is 0.567. The molecule has 4 rings (SSSR count). The highest BCUT2D eigenvalue weighted by molar-refractivity contribution is 6.30. The molecule has 0 amide bonds. The number of hydrogen-bond donors (Lipinski definition) is 1. The summed E-state index contributed by atoms with van der Waals surface area (Å²) >= 11 is 6.01. The minimum absolute atomic E-state index is 0.569. The molecule has 2 heterocycles. The largest absolute Gasteiger partial charge is 0.349 e. The van der Waals surface area contributed by atoms with Crippen LogP contribution in [0.25, 0.3) is 22.2 Å². The molecule has 0 radical (unpaired) electrons. The van der Waals surface area contributed by atoms with Gasteiger partial charge in [0.2, 0.25) is 5.95 Å². The van der Waals surface area contributed by atoms with Gasteiger partial charge in [0.15, 0.2) is 0 Å². The summed E-state index contributed by atoms with van der Waals surface area (Å²) in [6.07, 6.45) is 1.78. The van der Waals surface area contributed by atoms with E-state index in [1.165, 1.54) is 0 Å². The molecule has 25 heavy (non-hydrogen) atoms. The van der Waals surface area contributed by atoms with Crippen LogP contribution >= 0.6 is 11.6 Å². The highest BCUT2D eigenvalue weighted by atomic mass is 35.5. The van der Waals surface area contributed by atoms with E-state index in [-0.39, 0.29) is 0 Å². The zero-order valence-electron chi connectivity index (χ0n) is 13.4. The molecule has 2 aromatic heterocycles. The molecule has 0 saturated heterocycles. The van der Waals surface area contributed by atoms with Crippen molar-refractivity contribution in [2.45, 2.75) is 6.54 Å². The van der Waals surface area contributed by atoms with E-state index in [1.807, 2.05) is 66.7 Å². The molecule has 0 unspecified atom stereocenters. The molecule has 0 aliphatic carbocycles. The van der Waals surface area contributed by atoms with Gasteiger partial charge in [-0.15, -0.1) is 0 Å². The molecule has 0 saturated carbocycles. The third-order valence-electron chi connectivity index (χ3n) is 3.87. The second kappa shape index (κ2) is 6.87. The zero-order chi connectivity index (χ0) is 17.1. The normalized spacial score (nSPS) is 10.8. The lowest BCUT2D eigenvalue weighted by molar-refractivity contribution is 1.01. The Morgan fingerprint density at radius 1 is 0.840 bits per heavy atom.